The van der Waals surface area contributed by atoms with Gasteiger partial charge in [0, 0.05) is 17.3 Å². The maximum Gasteiger partial charge on any atom is 0.112 e. The fourth-order valence-corrected chi connectivity index (χ4v) is 2.79. The van der Waals surface area contributed by atoms with Gasteiger partial charge in [0.1, 0.15) is 5.01 Å². The van der Waals surface area contributed by atoms with E-state index in [1.807, 2.05) is 29.8 Å². The molecule has 0 bridgehead atoms. The predicted octanol–water partition coefficient (Wildman–Crippen LogP) is 3.18. The summed E-state index contributed by atoms with van der Waals surface area (Å²) in [7, 11) is 0. The minimum absolute atomic E-state index is 0.0517. The molecule has 3 N–H and O–H groups in total. The number of rotatable bonds is 6. The Hall–Kier alpha value is -1.39. The standard InChI is InChI=1S/C15H21N3S/c1-15(2,14-17-9-10-19-14)18-8-4-6-12-5-3-7-13(16)11-12/h3,5,7,9-11,18H,4,6,8,16H2,1-2H3. The zero-order valence-electron chi connectivity index (χ0n) is 11.5. The molecule has 102 valence electrons. The Bertz CT molecular complexity index is 506. The number of nitrogens with two attached hydrogens (primary N) is 1. The zero-order chi connectivity index (χ0) is 13.7. The van der Waals surface area contributed by atoms with Crippen LogP contribution in [0, 0.1) is 0 Å². The number of hydrogen-bond acceptors (Lipinski definition) is 4. The van der Waals surface area contributed by atoms with Crippen molar-refractivity contribution < 1.29 is 0 Å². The summed E-state index contributed by atoms with van der Waals surface area (Å²) in [6.45, 7) is 5.32. The molecule has 0 atom stereocenters. The molecule has 2 aromatic rings. The van der Waals surface area contributed by atoms with Crippen LogP contribution in [0.15, 0.2) is 35.8 Å². The number of benzene rings is 1. The number of thiazole rings is 1. The molecule has 1 heterocycles. The highest BCUT2D eigenvalue weighted by Gasteiger charge is 2.21. The summed E-state index contributed by atoms with van der Waals surface area (Å²) in [5.41, 5.74) is 7.86. The second-order valence-electron chi connectivity index (χ2n) is 5.24. The number of hydrogen-bond donors (Lipinski definition) is 2. The van der Waals surface area contributed by atoms with Crippen LogP contribution < -0.4 is 11.1 Å². The van der Waals surface area contributed by atoms with Crippen LogP contribution in [0.1, 0.15) is 30.8 Å². The van der Waals surface area contributed by atoms with Crippen LogP contribution in [-0.2, 0) is 12.0 Å². The highest BCUT2D eigenvalue weighted by atomic mass is 32.1. The average molecular weight is 275 g/mol. The van der Waals surface area contributed by atoms with Gasteiger partial charge in [-0.15, -0.1) is 11.3 Å². The summed E-state index contributed by atoms with van der Waals surface area (Å²) in [6.07, 6.45) is 4.00. The van der Waals surface area contributed by atoms with Crippen LogP contribution in [-0.4, -0.2) is 11.5 Å². The molecule has 4 heteroatoms. The molecule has 0 amide bonds. The van der Waals surface area contributed by atoms with Crippen LogP contribution in [0.4, 0.5) is 5.69 Å². The second-order valence-corrected chi connectivity index (χ2v) is 6.13. The molecule has 0 spiro atoms. The maximum atomic E-state index is 5.77. The Morgan fingerprint density at radius 3 is 2.89 bits per heavy atom. The third kappa shape index (κ3) is 4.04. The number of nitrogen functional groups attached to an aromatic ring is 1. The third-order valence-corrected chi connectivity index (χ3v) is 4.22. The monoisotopic (exact) mass is 275 g/mol. The Morgan fingerprint density at radius 2 is 2.21 bits per heavy atom. The van der Waals surface area contributed by atoms with Crippen molar-refractivity contribution in [2.45, 2.75) is 32.2 Å². The van der Waals surface area contributed by atoms with Crippen LogP contribution in [0.5, 0.6) is 0 Å². The summed E-state index contributed by atoms with van der Waals surface area (Å²) < 4.78 is 0. The molecular weight excluding hydrogens is 254 g/mol. The molecule has 1 aromatic carbocycles. The molecule has 0 aliphatic rings. The van der Waals surface area contributed by atoms with Gasteiger partial charge in [-0.1, -0.05) is 12.1 Å². The smallest absolute Gasteiger partial charge is 0.112 e. The minimum atomic E-state index is -0.0517. The van der Waals surface area contributed by atoms with E-state index in [0.29, 0.717) is 0 Å². The molecule has 0 aliphatic heterocycles. The first-order chi connectivity index (χ1) is 9.08. The molecule has 2 rings (SSSR count). The first kappa shape index (κ1) is 14.0. The van der Waals surface area contributed by atoms with Crippen molar-refractivity contribution in [1.29, 1.82) is 0 Å². The SMILES string of the molecule is CC(C)(NCCCc1cccc(N)c1)c1nccs1. The molecule has 19 heavy (non-hydrogen) atoms. The average Bonchev–Trinajstić information content (AvgIpc) is 2.89. The molecule has 0 saturated carbocycles. The van der Waals surface area contributed by atoms with Gasteiger partial charge in [0.15, 0.2) is 0 Å². The van der Waals surface area contributed by atoms with Crippen molar-refractivity contribution in [3.05, 3.63) is 46.4 Å². The fourth-order valence-electron chi connectivity index (χ4n) is 2.05. The van der Waals surface area contributed by atoms with Crippen molar-refractivity contribution in [3.8, 4) is 0 Å². The third-order valence-electron chi connectivity index (χ3n) is 3.13. The Kier molecular flexibility index (Phi) is 4.56. The van der Waals surface area contributed by atoms with E-state index in [1.54, 1.807) is 11.3 Å². The van der Waals surface area contributed by atoms with E-state index in [9.17, 15) is 0 Å². The van der Waals surface area contributed by atoms with E-state index in [-0.39, 0.29) is 5.54 Å². The lowest BCUT2D eigenvalue weighted by atomic mass is 10.1. The van der Waals surface area contributed by atoms with Crippen LogP contribution >= 0.6 is 11.3 Å². The van der Waals surface area contributed by atoms with E-state index in [4.69, 9.17) is 5.73 Å². The van der Waals surface area contributed by atoms with Crippen LogP contribution in [0.3, 0.4) is 0 Å². The summed E-state index contributed by atoms with van der Waals surface area (Å²) in [4.78, 5) is 4.38. The van der Waals surface area contributed by atoms with Gasteiger partial charge in [-0.25, -0.2) is 4.98 Å². The lowest BCUT2D eigenvalue weighted by molar-refractivity contribution is 0.398. The highest BCUT2D eigenvalue weighted by molar-refractivity contribution is 7.09. The van der Waals surface area contributed by atoms with Crippen LogP contribution in [0.25, 0.3) is 0 Å². The van der Waals surface area contributed by atoms with Gasteiger partial charge in [-0.2, -0.15) is 0 Å². The van der Waals surface area contributed by atoms with E-state index >= 15 is 0 Å². The maximum absolute atomic E-state index is 5.77. The lowest BCUT2D eigenvalue weighted by Crippen LogP contribution is -2.37. The fraction of sp³-hybridized carbons (Fsp3) is 0.400. The predicted molar refractivity (Wildman–Crippen MR) is 82.3 cm³/mol. The van der Waals surface area contributed by atoms with Crippen molar-refractivity contribution >= 4 is 17.0 Å². The minimum Gasteiger partial charge on any atom is -0.399 e. The summed E-state index contributed by atoms with van der Waals surface area (Å²) in [5.74, 6) is 0. The zero-order valence-corrected chi connectivity index (χ0v) is 12.3. The number of nitrogens with one attached hydrogen (secondary N) is 1. The first-order valence-electron chi connectivity index (χ1n) is 6.57. The number of nitrogens with zero attached hydrogens (tertiary/aromatic N) is 1. The second kappa shape index (κ2) is 6.17. The van der Waals surface area contributed by atoms with Gasteiger partial charge in [-0.05, 0) is 50.9 Å². The van der Waals surface area contributed by atoms with Gasteiger partial charge in [0.05, 0.1) is 5.54 Å². The topological polar surface area (TPSA) is 50.9 Å². The number of aryl methyl sites for hydroxylation is 1. The quantitative estimate of drug-likeness (QED) is 0.629. The number of anilines is 1. The van der Waals surface area contributed by atoms with Crippen molar-refractivity contribution in [1.82, 2.24) is 10.3 Å². The van der Waals surface area contributed by atoms with E-state index in [1.165, 1.54) is 5.56 Å². The normalized spacial score (nSPS) is 11.7. The van der Waals surface area contributed by atoms with Crippen molar-refractivity contribution in [2.24, 2.45) is 0 Å². The molecule has 0 fully saturated rings. The van der Waals surface area contributed by atoms with E-state index < -0.39 is 0 Å². The Labute approximate surface area is 118 Å². The summed E-state index contributed by atoms with van der Waals surface area (Å²) in [6, 6.07) is 8.11. The summed E-state index contributed by atoms with van der Waals surface area (Å²) >= 11 is 1.70. The molecule has 1 aromatic heterocycles. The van der Waals surface area contributed by atoms with Crippen molar-refractivity contribution in [2.75, 3.05) is 12.3 Å². The molecule has 0 saturated heterocycles. The first-order valence-corrected chi connectivity index (χ1v) is 7.45. The Balaban J connectivity index is 1.78. The molecule has 3 nitrogen and oxygen atoms in total. The van der Waals surface area contributed by atoms with Crippen molar-refractivity contribution in [3.63, 3.8) is 0 Å². The van der Waals surface area contributed by atoms with Gasteiger partial charge >= 0.3 is 0 Å². The largest absolute Gasteiger partial charge is 0.399 e. The summed E-state index contributed by atoms with van der Waals surface area (Å²) in [5, 5.41) is 6.72. The highest BCUT2D eigenvalue weighted by Crippen LogP contribution is 2.21. The molecular formula is C15H21N3S. The number of aromatic nitrogens is 1. The molecule has 0 unspecified atom stereocenters. The van der Waals surface area contributed by atoms with Crippen LogP contribution in [0.2, 0.25) is 0 Å². The Morgan fingerprint density at radius 1 is 1.37 bits per heavy atom. The van der Waals surface area contributed by atoms with Gasteiger partial charge in [0.2, 0.25) is 0 Å². The van der Waals surface area contributed by atoms with E-state index in [0.717, 1.165) is 30.1 Å². The lowest BCUT2D eigenvalue weighted by Gasteiger charge is -2.23. The van der Waals surface area contributed by atoms with E-state index in [2.05, 4.69) is 30.2 Å². The van der Waals surface area contributed by atoms with Gasteiger partial charge < -0.3 is 11.1 Å². The molecule has 0 aliphatic carbocycles. The van der Waals surface area contributed by atoms with Gasteiger partial charge in [0.25, 0.3) is 0 Å². The molecule has 0 radical (unpaired) electrons. The van der Waals surface area contributed by atoms with Gasteiger partial charge in [-0.3, -0.25) is 0 Å².